The maximum atomic E-state index is 12.2. The highest BCUT2D eigenvalue weighted by molar-refractivity contribution is 9.10. The van der Waals surface area contributed by atoms with E-state index in [0.29, 0.717) is 4.47 Å². The van der Waals surface area contributed by atoms with Crippen LogP contribution in [-0.2, 0) is 0 Å². The molecule has 1 aromatic rings. The van der Waals surface area contributed by atoms with Gasteiger partial charge in [0.05, 0.1) is 0 Å². The van der Waals surface area contributed by atoms with Crippen molar-refractivity contribution in [2.75, 3.05) is 6.54 Å². The molecule has 0 bridgehead atoms. The molecule has 7 heteroatoms. The van der Waals surface area contributed by atoms with E-state index in [1.54, 1.807) is 0 Å². The van der Waals surface area contributed by atoms with Crippen molar-refractivity contribution in [1.82, 2.24) is 5.32 Å². The quantitative estimate of drug-likeness (QED) is 0.833. The minimum atomic E-state index is -4.65. The third-order valence-corrected chi connectivity index (χ3v) is 3.30. The molecule has 1 aliphatic heterocycles. The lowest BCUT2D eigenvalue weighted by molar-refractivity contribution is -0.274. The maximum Gasteiger partial charge on any atom is 0.573 e. The number of hydrogen-bond acceptors (Lipinski definition) is 2. The largest absolute Gasteiger partial charge is 0.573 e. The monoisotopic (exact) mass is 359 g/mol. The Bertz CT molecular complexity index is 422. The van der Waals surface area contributed by atoms with Gasteiger partial charge in [-0.05, 0) is 43.1 Å². The molecule has 19 heavy (non-hydrogen) atoms. The molecule has 1 aliphatic rings. The van der Waals surface area contributed by atoms with Crippen molar-refractivity contribution in [1.29, 1.82) is 0 Å². The Hall–Kier alpha value is -0.460. The summed E-state index contributed by atoms with van der Waals surface area (Å²) in [7, 11) is 0. The molecule has 0 aliphatic carbocycles. The van der Waals surface area contributed by atoms with Crippen LogP contribution in [0.3, 0.4) is 0 Å². The first-order valence-corrected chi connectivity index (χ1v) is 6.53. The van der Waals surface area contributed by atoms with Gasteiger partial charge in [-0.1, -0.05) is 22.4 Å². The Morgan fingerprint density at radius 1 is 1.21 bits per heavy atom. The lowest BCUT2D eigenvalue weighted by Gasteiger charge is -2.24. The number of ether oxygens (including phenoxy) is 1. The fourth-order valence-electron chi connectivity index (χ4n) is 2.11. The highest BCUT2D eigenvalue weighted by Crippen LogP contribution is 2.31. The van der Waals surface area contributed by atoms with Crippen LogP contribution in [0.5, 0.6) is 5.75 Å². The molecular weight excluding hydrogens is 346 g/mol. The Kier molecular flexibility index (Phi) is 5.95. The van der Waals surface area contributed by atoms with Crippen LogP contribution in [0.1, 0.15) is 30.9 Å². The third-order valence-electron chi connectivity index (χ3n) is 2.84. The molecule has 0 saturated carbocycles. The second kappa shape index (κ2) is 6.81. The number of nitrogens with one attached hydrogen (secondary N) is 1. The predicted octanol–water partition coefficient (Wildman–Crippen LogP) is 4.58. The van der Waals surface area contributed by atoms with Crippen LogP contribution in [0.15, 0.2) is 22.7 Å². The molecule has 2 nitrogen and oxygen atoms in total. The van der Waals surface area contributed by atoms with Gasteiger partial charge in [-0.15, -0.1) is 25.6 Å². The van der Waals surface area contributed by atoms with E-state index in [1.165, 1.54) is 12.1 Å². The first kappa shape index (κ1) is 16.6. The Morgan fingerprint density at radius 3 is 2.53 bits per heavy atom. The van der Waals surface area contributed by atoms with Gasteiger partial charge in [-0.3, -0.25) is 0 Å². The van der Waals surface area contributed by atoms with E-state index in [-0.39, 0.29) is 24.2 Å². The molecule has 108 valence electrons. The van der Waals surface area contributed by atoms with E-state index in [4.69, 9.17) is 0 Å². The van der Waals surface area contributed by atoms with Crippen molar-refractivity contribution < 1.29 is 17.9 Å². The van der Waals surface area contributed by atoms with Gasteiger partial charge in [-0.2, -0.15) is 0 Å². The molecule has 0 aromatic heterocycles. The van der Waals surface area contributed by atoms with Gasteiger partial charge in [0.2, 0.25) is 0 Å². The number of benzene rings is 1. The van der Waals surface area contributed by atoms with Gasteiger partial charge < -0.3 is 10.1 Å². The molecule has 0 unspecified atom stereocenters. The second-order valence-electron chi connectivity index (χ2n) is 4.27. The van der Waals surface area contributed by atoms with E-state index < -0.39 is 6.36 Å². The summed E-state index contributed by atoms with van der Waals surface area (Å²) in [6.07, 6.45) is -1.53. The topological polar surface area (TPSA) is 21.3 Å². The summed E-state index contributed by atoms with van der Waals surface area (Å²) in [6, 6.07) is 4.69. The zero-order valence-electron chi connectivity index (χ0n) is 9.97. The van der Waals surface area contributed by atoms with E-state index in [2.05, 4.69) is 26.0 Å². The minimum absolute atomic E-state index is 0. The maximum absolute atomic E-state index is 12.2. The van der Waals surface area contributed by atoms with Crippen LogP contribution in [0.25, 0.3) is 0 Å². The fraction of sp³-hybridized carbons (Fsp3) is 0.500. The number of hydrogen-bond donors (Lipinski definition) is 1. The van der Waals surface area contributed by atoms with Crippen LogP contribution in [-0.4, -0.2) is 12.9 Å². The van der Waals surface area contributed by atoms with Crippen LogP contribution < -0.4 is 10.1 Å². The van der Waals surface area contributed by atoms with Gasteiger partial charge in [0, 0.05) is 10.5 Å². The van der Waals surface area contributed by atoms with Crippen molar-refractivity contribution in [2.24, 2.45) is 0 Å². The minimum Gasteiger partial charge on any atom is -0.406 e. The molecule has 2 rings (SSSR count). The van der Waals surface area contributed by atoms with Gasteiger partial charge in [0.15, 0.2) is 0 Å². The lowest BCUT2D eigenvalue weighted by atomic mass is 9.97. The molecule has 0 radical (unpaired) electrons. The zero-order valence-corrected chi connectivity index (χ0v) is 12.4. The second-order valence-corrected chi connectivity index (χ2v) is 5.19. The molecule has 1 fully saturated rings. The lowest BCUT2D eigenvalue weighted by Crippen LogP contribution is -2.27. The van der Waals surface area contributed by atoms with Crippen LogP contribution in [0.2, 0.25) is 0 Å². The van der Waals surface area contributed by atoms with Gasteiger partial charge >= 0.3 is 6.36 Å². The van der Waals surface area contributed by atoms with Gasteiger partial charge in [-0.25, -0.2) is 0 Å². The molecule has 1 atom stereocenters. The average molecular weight is 361 g/mol. The molecule has 0 amide bonds. The Labute approximate surface area is 124 Å². The molecular formula is C12H14BrClF3NO. The summed E-state index contributed by atoms with van der Waals surface area (Å²) >= 11 is 3.21. The van der Waals surface area contributed by atoms with Crippen molar-refractivity contribution >= 4 is 28.3 Å². The number of rotatable bonds is 2. The summed E-state index contributed by atoms with van der Waals surface area (Å²) in [5, 5.41) is 3.30. The summed E-state index contributed by atoms with van der Waals surface area (Å²) < 4.78 is 41.1. The summed E-state index contributed by atoms with van der Waals surface area (Å²) in [5.74, 6) is -0.181. The molecule has 1 aromatic carbocycles. The summed E-state index contributed by atoms with van der Waals surface area (Å²) in [4.78, 5) is 0. The number of halogens is 5. The third kappa shape index (κ3) is 5.20. The first-order chi connectivity index (χ1) is 8.44. The normalized spacial score (nSPS) is 19.7. The van der Waals surface area contributed by atoms with Crippen LogP contribution >= 0.6 is 28.3 Å². The van der Waals surface area contributed by atoms with E-state index in [9.17, 15) is 13.2 Å². The molecule has 0 spiro atoms. The molecule has 1 heterocycles. The van der Waals surface area contributed by atoms with E-state index in [1.807, 2.05) is 6.07 Å². The Morgan fingerprint density at radius 2 is 1.95 bits per heavy atom. The van der Waals surface area contributed by atoms with Crippen molar-refractivity contribution in [3.63, 3.8) is 0 Å². The fourth-order valence-corrected chi connectivity index (χ4v) is 2.60. The van der Waals surface area contributed by atoms with Crippen molar-refractivity contribution in [3.8, 4) is 5.75 Å². The van der Waals surface area contributed by atoms with Crippen LogP contribution in [0.4, 0.5) is 13.2 Å². The number of piperidine rings is 1. The standard InChI is InChI=1S/C12H13BrF3NO.ClH/c13-9-5-8(11-3-1-2-4-17-11)6-10(7-9)18-12(14,15)16;/h5-7,11,17H,1-4H2;1H/t11-;/m0./s1. The highest BCUT2D eigenvalue weighted by atomic mass is 79.9. The molecule has 1 N–H and O–H groups in total. The predicted molar refractivity (Wildman–Crippen MR) is 72.7 cm³/mol. The van der Waals surface area contributed by atoms with E-state index in [0.717, 1.165) is 31.4 Å². The zero-order chi connectivity index (χ0) is 13.2. The molecule has 1 saturated heterocycles. The van der Waals surface area contributed by atoms with Crippen LogP contribution in [0, 0.1) is 0 Å². The SMILES string of the molecule is Cl.FC(F)(F)Oc1cc(Br)cc([C@@H]2CCCCN2)c1. The first-order valence-electron chi connectivity index (χ1n) is 5.74. The van der Waals surface area contributed by atoms with Crippen molar-refractivity contribution in [2.45, 2.75) is 31.7 Å². The average Bonchev–Trinajstić information content (AvgIpc) is 2.27. The Balaban J connectivity index is 0.00000180. The smallest absolute Gasteiger partial charge is 0.406 e. The van der Waals surface area contributed by atoms with Gasteiger partial charge in [0.25, 0.3) is 0 Å². The summed E-state index contributed by atoms with van der Waals surface area (Å²) in [6.45, 7) is 0.895. The van der Waals surface area contributed by atoms with Crippen molar-refractivity contribution in [3.05, 3.63) is 28.2 Å². The number of alkyl halides is 3. The highest BCUT2D eigenvalue weighted by Gasteiger charge is 2.31. The van der Waals surface area contributed by atoms with Gasteiger partial charge in [0.1, 0.15) is 5.75 Å². The summed E-state index contributed by atoms with van der Waals surface area (Å²) in [5.41, 5.74) is 0.823. The van der Waals surface area contributed by atoms with E-state index >= 15 is 0 Å².